The van der Waals surface area contributed by atoms with E-state index in [1.54, 1.807) is 30.7 Å². The minimum Gasteiger partial charge on any atom is -0.342 e. The number of hydrogen-bond acceptors (Lipinski definition) is 5. The number of rotatable bonds is 8. The van der Waals surface area contributed by atoms with E-state index < -0.39 is 6.04 Å². The lowest BCUT2D eigenvalue weighted by atomic mass is 10.1. The van der Waals surface area contributed by atoms with Crippen LogP contribution in [-0.2, 0) is 18.3 Å². The molecule has 0 saturated carbocycles. The number of anilines is 1. The fourth-order valence-electron chi connectivity index (χ4n) is 3.35. The number of hydrogen-bond donors (Lipinski definition) is 2. The van der Waals surface area contributed by atoms with Gasteiger partial charge < -0.3 is 15.2 Å². The van der Waals surface area contributed by atoms with Gasteiger partial charge in [-0.1, -0.05) is 60.1 Å². The second-order valence-electron chi connectivity index (χ2n) is 7.52. The van der Waals surface area contributed by atoms with Gasteiger partial charge in [0.05, 0.1) is 22.4 Å². The number of thioether (sulfide) groups is 1. The highest BCUT2D eigenvalue weighted by molar-refractivity contribution is 7.99. The maximum Gasteiger partial charge on any atom is 0.253 e. The molecule has 7 nitrogen and oxygen atoms in total. The van der Waals surface area contributed by atoms with Crippen LogP contribution in [0.15, 0.2) is 41.6 Å². The number of benzene rings is 2. The summed E-state index contributed by atoms with van der Waals surface area (Å²) in [5.74, 6) is 0.284. The van der Waals surface area contributed by atoms with E-state index in [2.05, 4.69) is 27.8 Å². The van der Waals surface area contributed by atoms with Gasteiger partial charge in [-0.25, -0.2) is 0 Å². The standard InChI is InChI=1S/C23H25Cl2N5O2S/c1-5-15-8-6-7-13(2)20(15)27-19(31)12-33-23-29-28-21(30(23)4)14(3)26-22(32)17-10-9-16(24)11-18(17)25/h6-11,14H,5,12H2,1-4H3,(H,26,32)(H,27,31)/t14-/m1/s1. The van der Waals surface area contributed by atoms with E-state index in [0.29, 0.717) is 21.6 Å². The first-order valence-corrected chi connectivity index (χ1v) is 12.1. The van der Waals surface area contributed by atoms with Gasteiger partial charge in [-0.15, -0.1) is 10.2 Å². The molecule has 0 bridgehead atoms. The Balaban J connectivity index is 1.62. The van der Waals surface area contributed by atoms with Crippen LogP contribution in [0, 0.1) is 6.92 Å². The fourth-order valence-corrected chi connectivity index (χ4v) is 4.56. The van der Waals surface area contributed by atoms with E-state index in [4.69, 9.17) is 23.2 Å². The molecule has 0 aliphatic carbocycles. The highest BCUT2D eigenvalue weighted by Crippen LogP contribution is 2.24. The molecular weight excluding hydrogens is 481 g/mol. The predicted molar refractivity (Wildman–Crippen MR) is 133 cm³/mol. The predicted octanol–water partition coefficient (Wildman–Crippen LogP) is 5.21. The first-order chi connectivity index (χ1) is 15.7. The number of nitrogens with one attached hydrogen (secondary N) is 2. The van der Waals surface area contributed by atoms with Crippen LogP contribution in [0.3, 0.4) is 0 Å². The molecule has 1 heterocycles. The first kappa shape index (κ1) is 25.1. The van der Waals surface area contributed by atoms with Crippen molar-refractivity contribution in [2.45, 2.75) is 38.4 Å². The third-order valence-corrected chi connectivity index (χ3v) is 6.68. The molecule has 0 aliphatic heterocycles. The quantitative estimate of drug-likeness (QED) is 0.410. The molecule has 3 aromatic rings. The summed E-state index contributed by atoms with van der Waals surface area (Å²) in [7, 11) is 1.80. The summed E-state index contributed by atoms with van der Waals surface area (Å²) in [6, 6.07) is 10.2. The Morgan fingerprint density at radius 1 is 1.18 bits per heavy atom. The second-order valence-corrected chi connectivity index (χ2v) is 9.30. The maximum absolute atomic E-state index is 12.6. The fraction of sp³-hybridized carbons (Fsp3) is 0.304. The van der Waals surface area contributed by atoms with Crippen LogP contribution in [0.25, 0.3) is 0 Å². The third-order valence-electron chi connectivity index (χ3n) is 5.12. The van der Waals surface area contributed by atoms with E-state index in [1.807, 2.05) is 25.1 Å². The summed E-state index contributed by atoms with van der Waals surface area (Å²) in [4.78, 5) is 25.1. The number of para-hydroxylation sites is 1. The Hall–Kier alpha value is -2.55. The largest absolute Gasteiger partial charge is 0.342 e. The van der Waals surface area contributed by atoms with E-state index in [9.17, 15) is 9.59 Å². The smallest absolute Gasteiger partial charge is 0.253 e. The molecule has 33 heavy (non-hydrogen) atoms. The van der Waals surface area contributed by atoms with Crippen LogP contribution in [0.4, 0.5) is 5.69 Å². The van der Waals surface area contributed by atoms with Crippen molar-refractivity contribution >= 4 is 52.5 Å². The Bertz CT molecular complexity index is 1180. The van der Waals surface area contributed by atoms with Crippen molar-refractivity contribution in [3.8, 4) is 0 Å². The summed E-state index contributed by atoms with van der Waals surface area (Å²) in [5.41, 5.74) is 3.31. The average molecular weight is 506 g/mol. The number of carbonyl (C=O) groups is 2. The zero-order valence-corrected chi connectivity index (χ0v) is 21.1. The van der Waals surface area contributed by atoms with Crippen molar-refractivity contribution in [1.29, 1.82) is 0 Å². The zero-order valence-electron chi connectivity index (χ0n) is 18.8. The Kier molecular flexibility index (Phi) is 8.40. The van der Waals surface area contributed by atoms with Crippen molar-refractivity contribution in [2.75, 3.05) is 11.1 Å². The molecule has 10 heteroatoms. The molecule has 0 fully saturated rings. The van der Waals surface area contributed by atoms with E-state index in [0.717, 1.165) is 23.2 Å². The monoisotopic (exact) mass is 505 g/mol. The van der Waals surface area contributed by atoms with Gasteiger partial charge in [0.15, 0.2) is 11.0 Å². The topological polar surface area (TPSA) is 88.9 Å². The summed E-state index contributed by atoms with van der Waals surface area (Å²) in [6.07, 6.45) is 0.835. The number of carbonyl (C=O) groups excluding carboxylic acids is 2. The van der Waals surface area contributed by atoms with Crippen molar-refractivity contribution in [1.82, 2.24) is 20.1 Å². The SMILES string of the molecule is CCc1cccc(C)c1NC(=O)CSc1nnc([C@@H](C)NC(=O)c2ccc(Cl)cc2Cl)n1C. The van der Waals surface area contributed by atoms with E-state index in [-0.39, 0.29) is 22.6 Å². The number of aryl methyl sites for hydroxylation is 2. The molecule has 2 amide bonds. The lowest BCUT2D eigenvalue weighted by Gasteiger charge is -2.14. The molecule has 2 aromatic carbocycles. The second kappa shape index (κ2) is 11.0. The van der Waals surface area contributed by atoms with Gasteiger partial charge in [0.1, 0.15) is 0 Å². The van der Waals surface area contributed by atoms with Gasteiger partial charge in [0, 0.05) is 17.8 Å². The number of nitrogens with zero attached hydrogens (tertiary/aromatic N) is 3. The number of amides is 2. The number of aromatic nitrogens is 3. The Morgan fingerprint density at radius 2 is 1.94 bits per heavy atom. The zero-order chi connectivity index (χ0) is 24.1. The molecular formula is C23H25Cl2N5O2S. The maximum atomic E-state index is 12.6. The van der Waals surface area contributed by atoms with Gasteiger partial charge in [-0.3, -0.25) is 9.59 Å². The summed E-state index contributed by atoms with van der Waals surface area (Å²) >= 11 is 13.3. The Labute approximate surface area is 207 Å². The highest BCUT2D eigenvalue weighted by Gasteiger charge is 2.20. The van der Waals surface area contributed by atoms with Gasteiger partial charge in [-0.05, 0) is 49.6 Å². The lowest BCUT2D eigenvalue weighted by Crippen LogP contribution is -2.28. The van der Waals surface area contributed by atoms with Gasteiger partial charge in [0.2, 0.25) is 5.91 Å². The highest BCUT2D eigenvalue weighted by atomic mass is 35.5. The minimum atomic E-state index is -0.427. The van der Waals surface area contributed by atoms with Gasteiger partial charge in [-0.2, -0.15) is 0 Å². The third kappa shape index (κ3) is 6.07. The van der Waals surface area contributed by atoms with Gasteiger partial charge >= 0.3 is 0 Å². The van der Waals surface area contributed by atoms with Crippen molar-refractivity contribution < 1.29 is 9.59 Å². The summed E-state index contributed by atoms with van der Waals surface area (Å²) in [6.45, 7) is 5.84. The summed E-state index contributed by atoms with van der Waals surface area (Å²) in [5, 5.41) is 15.5. The molecule has 0 aliphatic rings. The molecule has 0 unspecified atom stereocenters. The molecule has 0 saturated heterocycles. The van der Waals surface area contributed by atoms with Crippen molar-refractivity contribution in [3.63, 3.8) is 0 Å². The Morgan fingerprint density at radius 3 is 2.64 bits per heavy atom. The molecule has 174 valence electrons. The van der Waals surface area contributed by atoms with Crippen LogP contribution in [0.2, 0.25) is 10.0 Å². The van der Waals surface area contributed by atoms with Crippen LogP contribution in [0.5, 0.6) is 0 Å². The van der Waals surface area contributed by atoms with Crippen LogP contribution < -0.4 is 10.6 Å². The molecule has 0 spiro atoms. The van der Waals surface area contributed by atoms with Crippen molar-refractivity contribution in [3.05, 3.63) is 69.0 Å². The summed E-state index contributed by atoms with van der Waals surface area (Å²) < 4.78 is 1.76. The molecule has 2 N–H and O–H groups in total. The molecule has 3 rings (SSSR count). The average Bonchev–Trinajstić information content (AvgIpc) is 3.14. The van der Waals surface area contributed by atoms with Crippen molar-refractivity contribution in [2.24, 2.45) is 7.05 Å². The molecule has 0 radical (unpaired) electrons. The van der Waals surface area contributed by atoms with Crippen LogP contribution in [0.1, 0.15) is 47.2 Å². The van der Waals surface area contributed by atoms with Gasteiger partial charge in [0.25, 0.3) is 5.91 Å². The normalized spacial score (nSPS) is 11.8. The first-order valence-electron chi connectivity index (χ1n) is 10.4. The number of halogens is 2. The minimum absolute atomic E-state index is 0.118. The van der Waals surface area contributed by atoms with Crippen LogP contribution in [-0.4, -0.2) is 32.3 Å². The lowest BCUT2D eigenvalue weighted by molar-refractivity contribution is -0.113. The molecule has 1 atom stereocenters. The van der Waals surface area contributed by atoms with E-state index in [1.165, 1.54) is 17.8 Å². The molecule has 1 aromatic heterocycles. The van der Waals surface area contributed by atoms with Crippen LogP contribution >= 0.6 is 35.0 Å². The van der Waals surface area contributed by atoms with E-state index >= 15 is 0 Å².